The van der Waals surface area contributed by atoms with E-state index in [4.69, 9.17) is 5.73 Å². The summed E-state index contributed by atoms with van der Waals surface area (Å²) in [6.07, 6.45) is 0.587. The van der Waals surface area contributed by atoms with Crippen molar-refractivity contribution >= 4 is 5.69 Å². The Hall–Kier alpha value is -1.06. The van der Waals surface area contributed by atoms with Crippen LogP contribution in [-0.2, 0) is 0 Å². The van der Waals surface area contributed by atoms with Crippen LogP contribution in [0.15, 0.2) is 24.3 Å². The van der Waals surface area contributed by atoms with Crippen LogP contribution in [0.25, 0.3) is 0 Å². The lowest BCUT2D eigenvalue weighted by atomic mass is 10.0. The molecule has 1 aromatic rings. The molecule has 0 heterocycles. The highest BCUT2D eigenvalue weighted by Gasteiger charge is 2.06. The van der Waals surface area contributed by atoms with Crippen LogP contribution < -0.4 is 11.1 Å². The summed E-state index contributed by atoms with van der Waals surface area (Å²) in [5.74, 6) is 0.621. The predicted molar refractivity (Wildman–Crippen MR) is 73.0 cm³/mol. The van der Waals surface area contributed by atoms with Crippen molar-refractivity contribution in [2.75, 3.05) is 11.9 Å². The lowest BCUT2D eigenvalue weighted by molar-refractivity contribution is 0.199. The summed E-state index contributed by atoms with van der Waals surface area (Å²) in [4.78, 5) is 0. The van der Waals surface area contributed by atoms with Gasteiger partial charge in [-0.3, -0.25) is 0 Å². The first-order valence-corrected chi connectivity index (χ1v) is 6.26. The molecule has 0 aliphatic carbocycles. The van der Waals surface area contributed by atoms with E-state index in [9.17, 15) is 5.11 Å². The molecule has 96 valence electrons. The summed E-state index contributed by atoms with van der Waals surface area (Å²) in [5, 5.41) is 12.8. The van der Waals surface area contributed by atoms with E-state index in [1.54, 1.807) is 6.92 Å². The number of anilines is 1. The van der Waals surface area contributed by atoms with Gasteiger partial charge < -0.3 is 16.2 Å². The summed E-state index contributed by atoms with van der Waals surface area (Å²) in [6, 6.07) is 7.99. The number of aliphatic hydroxyl groups excluding tert-OH is 1. The van der Waals surface area contributed by atoms with E-state index in [1.807, 2.05) is 24.3 Å². The molecule has 17 heavy (non-hydrogen) atoms. The largest absolute Gasteiger partial charge is 0.389 e. The zero-order chi connectivity index (χ0) is 12.8. The van der Waals surface area contributed by atoms with Gasteiger partial charge in [-0.15, -0.1) is 0 Å². The summed E-state index contributed by atoms with van der Waals surface area (Å²) >= 11 is 0. The number of nitrogens with two attached hydrogens (primary N) is 1. The van der Waals surface area contributed by atoms with E-state index in [-0.39, 0.29) is 6.04 Å². The Morgan fingerprint density at radius 2 is 2.00 bits per heavy atom. The van der Waals surface area contributed by atoms with Crippen LogP contribution in [0.5, 0.6) is 0 Å². The second-order valence-corrected chi connectivity index (χ2v) is 5.07. The number of aliphatic hydroxyl groups is 1. The van der Waals surface area contributed by atoms with Gasteiger partial charge in [-0.1, -0.05) is 26.0 Å². The lowest BCUT2D eigenvalue weighted by Gasteiger charge is -2.16. The molecule has 0 aliphatic heterocycles. The average Bonchev–Trinajstić information content (AvgIpc) is 2.26. The molecule has 3 nitrogen and oxygen atoms in total. The molecule has 1 aromatic carbocycles. The van der Waals surface area contributed by atoms with Crippen LogP contribution in [0, 0.1) is 5.92 Å². The van der Waals surface area contributed by atoms with Gasteiger partial charge in [-0.05, 0) is 37.0 Å². The molecule has 0 aliphatic rings. The normalized spacial score (nSPS) is 14.7. The minimum atomic E-state index is -0.430. The van der Waals surface area contributed by atoms with Gasteiger partial charge in [0.2, 0.25) is 0 Å². The van der Waals surface area contributed by atoms with Crippen LogP contribution in [0.2, 0.25) is 0 Å². The first-order valence-electron chi connectivity index (χ1n) is 6.26. The summed E-state index contributed by atoms with van der Waals surface area (Å²) in [5.41, 5.74) is 7.95. The van der Waals surface area contributed by atoms with Gasteiger partial charge >= 0.3 is 0 Å². The van der Waals surface area contributed by atoms with E-state index in [2.05, 4.69) is 19.2 Å². The van der Waals surface area contributed by atoms with Gasteiger partial charge in [0.05, 0.1) is 6.10 Å². The van der Waals surface area contributed by atoms with Crippen LogP contribution in [0.1, 0.15) is 38.9 Å². The number of nitrogens with one attached hydrogen (secondary N) is 1. The highest BCUT2D eigenvalue weighted by Crippen LogP contribution is 2.17. The van der Waals surface area contributed by atoms with Crippen molar-refractivity contribution in [2.24, 2.45) is 11.7 Å². The SMILES string of the molecule is CC(C)CC(N)CNc1cccc(C(C)O)c1. The van der Waals surface area contributed by atoms with Crippen molar-refractivity contribution in [3.8, 4) is 0 Å². The predicted octanol–water partition coefficient (Wildman–Crippen LogP) is 2.53. The molecule has 1 rings (SSSR count). The third-order valence-electron chi connectivity index (χ3n) is 2.71. The minimum Gasteiger partial charge on any atom is -0.389 e. The Morgan fingerprint density at radius 1 is 1.29 bits per heavy atom. The van der Waals surface area contributed by atoms with E-state index in [0.29, 0.717) is 5.92 Å². The number of hydrogen-bond acceptors (Lipinski definition) is 3. The third-order valence-corrected chi connectivity index (χ3v) is 2.71. The molecule has 0 aromatic heterocycles. The van der Waals surface area contributed by atoms with Gasteiger partial charge in [-0.25, -0.2) is 0 Å². The molecule has 0 saturated carbocycles. The summed E-state index contributed by atoms with van der Waals surface area (Å²) in [6.45, 7) is 6.88. The van der Waals surface area contributed by atoms with Crippen LogP contribution >= 0.6 is 0 Å². The number of rotatable bonds is 6. The monoisotopic (exact) mass is 236 g/mol. The highest BCUT2D eigenvalue weighted by atomic mass is 16.3. The maximum atomic E-state index is 9.49. The molecule has 0 spiro atoms. The first kappa shape index (κ1) is 14.0. The Balaban J connectivity index is 2.49. The van der Waals surface area contributed by atoms with Gasteiger partial charge in [-0.2, -0.15) is 0 Å². The van der Waals surface area contributed by atoms with Crippen molar-refractivity contribution in [1.29, 1.82) is 0 Å². The molecule has 0 radical (unpaired) electrons. The zero-order valence-electron chi connectivity index (χ0n) is 11.0. The Labute approximate surface area is 104 Å². The highest BCUT2D eigenvalue weighted by molar-refractivity contribution is 5.46. The standard InChI is InChI=1S/C14H24N2O/c1-10(2)7-13(15)9-16-14-6-4-5-12(8-14)11(3)17/h4-6,8,10-11,13,16-17H,7,9,15H2,1-3H3. The van der Waals surface area contributed by atoms with Crippen molar-refractivity contribution in [3.05, 3.63) is 29.8 Å². The van der Waals surface area contributed by atoms with Gasteiger partial charge in [0.1, 0.15) is 0 Å². The quantitative estimate of drug-likeness (QED) is 0.711. The molecule has 2 unspecified atom stereocenters. The molecule has 0 fully saturated rings. The van der Waals surface area contributed by atoms with E-state index in [0.717, 1.165) is 24.2 Å². The molecular formula is C14H24N2O. The Kier molecular flexibility index (Phi) is 5.45. The van der Waals surface area contributed by atoms with Crippen molar-refractivity contribution in [2.45, 2.75) is 39.3 Å². The maximum Gasteiger partial charge on any atom is 0.0762 e. The molecule has 4 N–H and O–H groups in total. The third kappa shape index (κ3) is 5.20. The molecular weight excluding hydrogens is 212 g/mol. The first-order chi connectivity index (χ1) is 7.99. The molecule has 2 atom stereocenters. The molecule has 3 heteroatoms. The van der Waals surface area contributed by atoms with Crippen LogP contribution in [-0.4, -0.2) is 17.7 Å². The smallest absolute Gasteiger partial charge is 0.0762 e. The minimum absolute atomic E-state index is 0.171. The Bertz CT molecular complexity index is 337. The fourth-order valence-corrected chi connectivity index (χ4v) is 1.85. The molecule has 0 saturated heterocycles. The fraction of sp³-hybridized carbons (Fsp3) is 0.571. The van der Waals surface area contributed by atoms with E-state index >= 15 is 0 Å². The topological polar surface area (TPSA) is 58.3 Å². The fourth-order valence-electron chi connectivity index (χ4n) is 1.85. The van der Waals surface area contributed by atoms with E-state index < -0.39 is 6.10 Å². The van der Waals surface area contributed by atoms with Gasteiger partial charge in [0.15, 0.2) is 0 Å². The van der Waals surface area contributed by atoms with Crippen molar-refractivity contribution in [3.63, 3.8) is 0 Å². The second kappa shape index (κ2) is 6.62. The number of benzene rings is 1. The summed E-state index contributed by atoms with van der Waals surface area (Å²) in [7, 11) is 0. The van der Waals surface area contributed by atoms with Crippen molar-refractivity contribution < 1.29 is 5.11 Å². The molecule has 0 bridgehead atoms. The van der Waals surface area contributed by atoms with Crippen molar-refractivity contribution in [1.82, 2.24) is 0 Å². The average molecular weight is 236 g/mol. The van der Waals surface area contributed by atoms with Gasteiger partial charge in [0.25, 0.3) is 0 Å². The zero-order valence-corrected chi connectivity index (χ0v) is 11.0. The summed E-state index contributed by atoms with van der Waals surface area (Å²) < 4.78 is 0. The Morgan fingerprint density at radius 3 is 2.59 bits per heavy atom. The van der Waals surface area contributed by atoms with Crippen LogP contribution in [0.3, 0.4) is 0 Å². The van der Waals surface area contributed by atoms with Crippen LogP contribution in [0.4, 0.5) is 5.69 Å². The number of hydrogen-bond donors (Lipinski definition) is 3. The van der Waals surface area contributed by atoms with E-state index in [1.165, 1.54) is 0 Å². The van der Waals surface area contributed by atoms with Gasteiger partial charge in [0, 0.05) is 18.3 Å². The second-order valence-electron chi connectivity index (χ2n) is 5.07. The molecule has 0 amide bonds. The lowest BCUT2D eigenvalue weighted by Crippen LogP contribution is -2.30. The maximum absolute atomic E-state index is 9.49.